The molecule has 0 fully saturated rings. The van der Waals surface area contributed by atoms with Crippen molar-refractivity contribution in [2.24, 2.45) is 0 Å². The minimum Gasteiger partial charge on any atom is -0.311 e. The van der Waals surface area contributed by atoms with E-state index in [1.807, 2.05) is 0 Å². The Balaban J connectivity index is 1.34. The van der Waals surface area contributed by atoms with Gasteiger partial charge >= 0.3 is 0 Å². The molecule has 3 heteroatoms. The Bertz CT molecular complexity index is 2800. The number of rotatable bonds is 2. The van der Waals surface area contributed by atoms with E-state index in [0.29, 0.717) is 0 Å². The van der Waals surface area contributed by atoms with E-state index in [2.05, 4.69) is 201 Å². The topological polar surface area (TPSA) is 6.48 Å². The minimum atomic E-state index is -0.000950. The molecule has 3 aliphatic carbocycles. The zero-order valence-corrected chi connectivity index (χ0v) is 42.4. The van der Waals surface area contributed by atoms with Crippen LogP contribution < -0.4 is 26.2 Å². The van der Waals surface area contributed by atoms with Crippen LogP contribution >= 0.6 is 0 Å². The van der Waals surface area contributed by atoms with Gasteiger partial charge in [-0.1, -0.05) is 134 Å². The largest absolute Gasteiger partial charge is 0.311 e. The van der Waals surface area contributed by atoms with Crippen molar-refractivity contribution >= 4 is 57.2 Å². The molecule has 2 heterocycles. The summed E-state index contributed by atoms with van der Waals surface area (Å²) in [5.41, 5.74) is 27.6. The maximum atomic E-state index is 2.74. The van der Waals surface area contributed by atoms with Gasteiger partial charge in [0.2, 0.25) is 0 Å². The summed E-state index contributed by atoms with van der Waals surface area (Å²) in [7, 11) is 0. The number of hydrogen-bond acceptors (Lipinski definition) is 2. The van der Waals surface area contributed by atoms with Crippen LogP contribution in [0.1, 0.15) is 192 Å². The van der Waals surface area contributed by atoms with E-state index in [4.69, 9.17) is 0 Å². The predicted octanol–water partition coefficient (Wildman–Crippen LogP) is 14.6. The van der Waals surface area contributed by atoms with Gasteiger partial charge in [-0.25, -0.2) is 0 Å². The fraction of sp³-hybridized carbons (Fsp3) is 0.500. The first-order chi connectivity index (χ1) is 29.1. The van der Waals surface area contributed by atoms with Crippen molar-refractivity contribution in [2.45, 2.75) is 195 Å². The number of fused-ring (bicyclic) bond motifs is 7. The summed E-state index contributed by atoms with van der Waals surface area (Å²) >= 11 is 0. The van der Waals surface area contributed by atoms with Gasteiger partial charge in [-0.3, -0.25) is 0 Å². The Morgan fingerprint density at radius 1 is 0.444 bits per heavy atom. The van der Waals surface area contributed by atoms with Crippen LogP contribution in [0.2, 0.25) is 0 Å². The zero-order valence-electron chi connectivity index (χ0n) is 42.4. The molecule has 5 aromatic rings. The monoisotopic (exact) mass is 835 g/mol. The molecule has 0 saturated heterocycles. The molecule has 5 aliphatic rings. The lowest BCUT2D eigenvalue weighted by molar-refractivity contribution is 0.330. The van der Waals surface area contributed by atoms with Gasteiger partial charge in [-0.05, 0) is 199 Å². The Morgan fingerprint density at radius 2 is 0.937 bits per heavy atom. The molecule has 0 N–H and O–H groups in total. The molecule has 0 radical (unpaired) electrons. The third kappa shape index (κ3) is 6.09. The molecule has 63 heavy (non-hydrogen) atoms. The molecule has 0 unspecified atom stereocenters. The number of anilines is 6. The van der Waals surface area contributed by atoms with Crippen molar-refractivity contribution in [1.82, 2.24) is 0 Å². The fourth-order valence-electron chi connectivity index (χ4n) is 13.8. The van der Waals surface area contributed by atoms with Gasteiger partial charge in [0, 0.05) is 34.1 Å². The first-order valence-electron chi connectivity index (χ1n) is 24.4. The molecule has 2 aliphatic heterocycles. The maximum Gasteiger partial charge on any atom is 0.252 e. The van der Waals surface area contributed by atoms with Gasteiger partial charge in [0.25, 0.3) is 6.71 Å². The van der Waals surface area contributed by atoms with E-state index in [1.54, 1.807) is 5.56 Å². The second kappa shape index (κ2) is 13.0. The van der Waals surface area contributed by atoms with Gasteiger partial charge in [0.1, 0.15) is 0 Å². The molecule has 0 atom stereocenters. The number of hydrogen-bond donors (Lipinski definition) is 0. The molecule has 0 amide bonds. The molecule has 0 bridgehead atoms. The summed E-state index contributed by atoms with van der Waals surface area (Å²) in [6.07, 6.45) is 5.95. The van der Waals surface area contributed by atoms with Crippen LogP contribution in [-0.4, -0.2) is 6.71 Å². The molecule has 5 aromatic carbocycles. The number of benzene rings is 5. The lowest BCUT2D eigenvalue weighted by atomic mass is 9.33. The molecular weight excluding hydrogens is 759 g/mol. The minimum absolute atomic E-state index is 0.000950. The summed E-state index contributed by atoms with van der Waals surface area (Å²) in [4.78, 5) is 5.46. The first kappa shape index (κ1) is 42.7. The van der Waals surface area contributed by atoms with Crippen molar-refractivity contribution < 1.29 is 0 Å². The first-order valence-corrected chi connectivity index (χ1v) is 24.4. The summed E-state index contributed by atoms with van der Waals surface area (Å²) < 4.78 is 0. The van der Waals surface area contributed by atoms with E-state index in [-0.39, 0.29) is 44.6 Å². The van der Waals surface area contributed by atoms with Gasteiger partial charge in [-0.2, -0.15) is 0 Å². The van der Waals surface area contributed by atoms with Crippen molar-refractivity contribution in [3.63, 3.8) is 0 Å². The van der Waals surface area contributed by atoms with Crippen LogP contribution in [0.25, 0.3) is 0 Å². The molecule has 0 aromatic heterocycles. The van der Waals surface area contributed by atoms with Crippen LogP contribution in [0.4, 0.5) is 34.1 Å². The highest BCUT2D eigenvalue weighted by Crippen LogP contribution is 2.56. The molecular formula is C60H75BN2. The van der Waals surface area contributed by atoms with E-state index in [9.17, 15) is 0 Å². The van der Waals surface area contributed by atoms with Crippen LogP contribution in [0.5, 0.6) is 0 Å². The van der Waals surface area contributed by atoms with Crippen molar-refractivity contribution in [2.75, 3.05) is 9.80 Å². The molecule has 0 spiro atoms. The average molecular weight is 835 g/mol. The fourth-order valence-corrected chi connectivity index (χ4v) is 13.8. The predicted molar refractivity (Wildman–Crippen MR) is 275 cm³/mol. The second-order valence-electron chi connectivity index (χ2n) is 26.1. The average Bonchev–Trinajstić information content (AvgIpc) is 3.35. The van der Waals surface area contributed by atoms with Crippen LogP contribution in [0.15, 0.2) is 66.7 Å². The van der Waals surface area contributed by atoms with Crippen LogP contribution in [0, 0.1) is 20.8 Å². The number of nitrogens with zero attached hydrogens (tertiary/aromatic N) is 2. The van der Waals surface area contributed by atoms with Gasteiger partial charge in [-0.15, -0.1) is 0 Å². The smallest absolute Gasteiger partial charge is 0.252 e. The molecule has 328 valence electrons. The zero-order chi connectivity index (χ0) is 45.5. The highest BCUT2D eigenvalue weighted by molar-refractivity contribution is 7.00. The third-order valence-corrected chi connectivity index (χ3v) is 17.4. The van der Waals surface area contributed by atoms with E-state index < -0.39 is 0 Å². The Morgan fingerprint density at radius 3 is 1.54 bits per heavy atom. The van der Waals surface area contributed by atoms with E-state index >= 15 is 0 Å². The Kier molecular flexibility index (Phi) is 8.80. The van der Waals surface area contributed by atoms with Crippen LogP contribution in [0.3, 0.4) is 0 Å². The summed E-state index contributed by atoms with van der Waals surface area (Å²) in [5.74, 6) is 0. The number of aryl methyl sites for hydroxylation is 2. The van der Waals surface area contributed by atoms with Crippen molar-refractivity contribution in [3.8, 4) is 0 Å². The quantitative estimate of drug-likeness (QED) is 0.160. The molecule has 10 rings (SSSR count). The lowest BCUT2D eigenvalue weighted by Crippen LogP contribution is -2.62. The summed E-state index contributed by atoms with van der Waals surface area (Å²) in [6, 6.07) is 28.2. The lowest BCUT2D eigenvalue weighted by Gasteiger charge is -2.48. The highest BCUT2D eigenvalue weighted by atomic mass is 15.2. The second-order valence-corrected chi connectivity index (χ2v) is 26.1. The van der Waals surface area contributed by atoms with Gasteiger partial charge in [0.05, 0.1) is 0 Å². The third-order valence-electron chi connectivity index (χ3n) is 17.4. The van der Waals surface area contributed by atoms with Crippen molar-refractivity contribution in [3.05, 3.63) is 122 Å². The van der Waals surface area contributed by atoms with Crippen LogP contribution in [-0.2, 0) is 37.9 Å². The molecule has 2 nitrogen and oxygen atoms in total. The Labute approximate surface area is 382 Å². The van der Waals surface area contributed by atoms with Gasteiger partial charge in [0.15, 0.2) is 0 Å². The molecule has 0 saturated carbocycles. The maximum absolute atomic E-state index is 2.74. The van der Waals surface area contributed by atoms with E-state index in [1.165, 1.54) is 126 Å². The SMILES string of the molecule is Cc1cc2c3c(c1)N(c1ccc4c(c1C)C(C)(C)CCC4(C)C)c1cc(C(C)(C)C)ccc1B3c1cc3c(cc1N2c1cc2c(cc1C)C(C)(C)CC2(C)C)C(C)(C)CCC3(C)C. The summed E-state index contributed by atoms with van der Waals surface area (Å²) in [5, 5.41) is 0. The standard InChI is InChI=1S/C60H75BN2/c1-35-27-50-53-51(28-35)63(47-32-43-40(29-36(47)2)59(15,16)34-60(43,17)18)49-33-42-41(56(9,10)23-24-57(42,11)12)31-45(49)61(53)44-21-19-38(54(4,5)6)30-48(44)62(50)46-22-20-39-52(37(46)3)58(13,14)26-25-55(39,7)8/h19-22,27-33H,23-26,34H2,1-18H3. The van der Waals surface area contributed by atoms with Gasteiger partial charge < -0.3 is 9.80 Å². The highest BCUT2D eigenvalue weighted by Gasteiger charge is 2.49. The van der Waals surface area contributed by atoms with E-state index in [0.717, 1.165) is 6.42 Å². The summed E-state index contributed by atoms with van der Waals surface area (Å²) in [6.45, 7) is 44.1. The van der Waals surface area contributed by atoms with Crippen molar-refractivity contribution in [1.29, 1.82) is 0 Å². The normalized spacial score (nSPS) is 21.2. The Hall–Kier alpha value is -4.24.